The van der Waals surface area contributed by atoms with Crippen molar-refractivity contribution in [1.29, 1.82) is 0 Å². The molecule has 1 fully saturated rings. The van der Waals surface area contributed by atoms with Gasteiger partial charge in [0.25, 0.3) is 0 Å². The van der Waals surface area contributed by atoms with Crippen LogP contribution in [0.5, 0.6) is 0 Å². The zero-order chi connectivity index (χ0) is 15.1. The third-order valence-corrected chi connectivity index (χ3v) is 3.49. The van der Waals surface area contributed by atoms with Crippen molar-refractivity contribution in [2.75, 3.05) is 10.6 Å². The van der Waals surface area contributed by atoms with Crippen LogP contribution in [-0.4, -0.2) is 17.9 Å². The molecule has 1 amide bonds. The van der Waals surface area contributed by atoms with E-state index in [-0.39, 0.29) is 5.91 Å². The normalized spacial score (nSPS) is 16.4. The third kappa shape index (κ3) is 5.07. The highest BCUT2D eigenvalue weighted by Gasteiger charge is 2.13. The summed E-state index contributed by atoms with van der Waals surface area (Å²) in [7, 11) is 0. The maximum Gasteiger partial charge on any atom is 0.221 e. The van der Waals surface area contributed by atoms with E-state index in [9.17, 15) is 4.79 Å². The van der Waals surface area contributed by atoms with Crippen LogP contribution in [0.2, 0.25) is 0 Å². The average Bonchev–Trinajstić information content (AvgIpc) is 2.49. The number of hydrogen-bond donors (Lipinski definition) is 4. The van der Waals surface area contributed by atoms with Crippen molar-refractivity contribution in [3.05, 3.63) is 24.3 Å². The molecule has 0 bridgehead atoms. The van der Waals surface area contributed by atoms with Crippen molar-refractivity contribution in [2.45, 2.75) is 45.1 Å². The number of amides is 1. The fourth-order valence-corrected chi connectivity index (χ4v) is 2.48. The van der Waals surface area contributed by atoms with E-state index in [4.69, 9.17) is 5.84 Å². The molecule has 6 nitrogen and oxygen atoms in total. The molecule has 0 radical (unpaired) electrons. The average molecular weight is 289 g/mol. The Morgan fingerprint density at radius 3 is 2.19 bits per heavy atom. The fourth-order valence-electron chi connectivity index (χ4n) is 2.48. The number of anilines is 2. The molecule has 0 saturated heterocycles. The van der Waals surface area contributed by atoms with Crippen LogP contribution in [0.1, 0.15) is 39.0 Å². The predicted molar refractivity (Wildman–Crippen MR) is 86.0 cm³/mol. The number of nitrogens with zero attached hydrogens (tertiary/aromatic N) is 1. The number of nitrogens with one attached hydrogen (secondary N) is 3. The predicted octanol–water partition coefficient (Wildman–Crippen LogP) is 2.21. The van der Waals surface area contributed by atoms with Gasteiger partial charge in [-0.05, 0) is 37.1 Å². The first-order valence-electron chi connectivity index (χ1n) is 7.36. The smallest absolute Gasteiger partial charge is 0.221 e. The summed E-state index contributed by atoms with van der Waals surface area (Å²) in [5.74, 6) is 6.03. The lowest BCUT2D eigenvalue weighted by Crippen LogP contribution is -2.37. The second-order valence-electron chi connectivity index (χ2n) is 5.30. The van der Waals surface area contributed by atoms with Crippen LogP contribution in [0.4, 0.5) is 11.4 Å². The monoisotopic (exact) mass is 289 g/mol. The van der Waals surface area contributed by atoms with Crippen molar-refractivity contribution in [1.82, 2.24) is 5.43 Å². The van der Waals surface area contributed by atoms with Crippen LogP contribution in [0.3, 0.4) is 0 Å². The summed E-state index contributed by atoms with van der Waals surface area (Å²) in [5.41, 5.74) is 4.25. The Labute approximate surface area is 125 Å². The molecule has 21 heavy (non-hydrogen) atoms. The number of guanidine groups is 1. The molecule has 0 unspecified atom stereocenters. The molecule has 6 heteroatoms. The number of hydrogen-bond acceptors (Lipinski definition) is 3. The molecule has 2 rings (SSSR count). The van der Waals surface area contributed by atoms with Crippen molar-refractivity contribution in [3.63, 3.8) is 0 Å². The lowest BCUT2D eigenvalue weighted by atomic mass is 9.96. The zero-order valence-electron chi connectivity index (χ0n) is 12.4. The Balaban J connectivity index is 1.97. The van der Waals surface area contributed by atoms with E-state index in [2.05, 4.69) is 21.1 Å². The van der Waals surface area contributed by atoms with Gasteiger partial charge in [0.2, 0.25) is 11.9 Å². The van der Waals surface area contributed by atoms with Crippen LogP contribution < -0.4 is 21.9 Å². The van der Waals surface area contributed by atoms with Gasteiger partial charge in [-0.1, -0.05) is 19.3 Å². The van der Waals surface area contributed by atoms with E-state index in [1.165, 1.54) is 26.2 Å². The molecule has 0 atom stereocenters. The molecule has 0 aromatic heterocycles. The molecule has 1 aromatic carbocycles. The van der Waals surface area contributed by atoms with Crippen LogP contribution in [0.25, 0.3) is 0 Å². The Kier molecular flexibility index (Phi) is 5.57. The highest BCUT2D eigenvalue weighted by atomic mass is 16.1. The number of benzene rings is 1. The molecular formula is C15H23N5O. The number of aliphatic imine (C=N–C) groups is 1. The van der Waals surface area contributed by atoms with Gasteiger partial charge in [-0.15, -0.1) is 0 Å². The summed E-state index contributed by atoms with van der Waals surface area (Å²) in [6, 6.07) is 7.76. The van der Waals surface area contributed by atoms with E-state index in [0.29, 0.717) is 12.0 Å². The van der Waals surface area contributed by atoms with Gasteiger partial charge in [0.1, 0.15) is 0 Å². The van der Waals surface area contributed by atoms with Gasteiger partial charge in [-0.25, -0.2) is 10.8 Å². The number of carbonyl (C=O) groups is 1. The largest absolute Gasteiger partial charge is 0.326 e. The van der Waals surface area contributed by atoms with Crippen LogP contribution in [0, 0.1) is 0 Å². The summed E-state index contributed by atoms with van der Waals surface area (Å²) in [5, 5.41) is 5.89. The Hall–Kier alpha value is -2.08. The van der Waals surface area contributed by atoms with E-state index in [1.807, 2.05) is 24.3 Å². The second-order valence-corrected chi connectivity index (χ2v) is 5.30. The van der Waals surface area contributed by atoms with Gasteiger partial charge in [0, 0.05) is 18.3 Å². The standard InChI is InChI=1S/C15H23N5O/c1-11(21)17-13-7-9-14(10-8-13)19-15(20-16)18-12-5-3-2-4-6-12/h7-10,12H,2-6,16H2,1H3,(H,17,21)(H2,18,19,20). The molecule has 0 aliphatic heterocycles. The zero-order valence-corrected chi connectivity index (χ0v) is 12.4. The van der Waals surface area contributed by atoms with Gasteiger partial charge in [-0.2, -0.15) is 0 Å². The SMILES string of the molecule is CC(=O)Nc1ccc(NC(=NC2CCCCC2)NN)cc1. The highest BCUT2D eigenvalue weighted by molar-refractivity contribution is 5.94. The van der Waals surface area contributed by atoms with Gasteiger partial charge in [0.15, 0.2) is 0 Å². The Morgan fingerprint density at radius 1 is 1.10 bits per heavy atom. The number of rotatable bonds is 3. The quantitative estimate of drug-likeness (QED) is 0.297. The van der Waals surface area contributed by atoms with E-state index < -0.39 is 0 Å². The van der Waals surface area contributed by atoms with Crippen LogP contribution >= 0.6 is 0 Å². The van der Waals surface area contributed by atoms with Gasteiger partial charge >= 0.3 is 0 Å². The minimum Gasteiger partial charge on any atom is -0.326 e. The number of carbonyl (C=O) groups excluding carboxylic acids is 1. The first-order valence-corrected chi connectivity index (χ1v) is 7.36. The lowest BCUT2D eigenvalue weighted by molar-refractivity contribution is -0.114. The summed E-state index contributed by atoms with van der Waals surface area (Å²) < 4.78 is 0. The van der Waals surface area contributed by atoms with Crippen molar-refractivity contribution in [3.8, 4) is 0 Å². The maximum atomic E-state index is 11.0. The first kappa shape index (κ1) is 15.3. The summed E-state index contributed by atoms with van der Waals surface area (Å²) in [4.78, 5) is 15.6. The molecule has 0 heterocycles. The molecule has 1 saturated carbocycles. The van der Waals surface area contributed by atoms with Crippen molar-refractivity contribution < 1.29 is 4.79 Å². The van der Waals surface area contributed by atoms with E-state index in [0.717, 1.165) is 24.2 Å². The number of nitrogens with two attached hydrogens (primary N) is 1. The Morgan fingerprint density at radius 2 is 1.67 bits per heavy atom. The van der Waals surface area contributed by atoms with Crippen LogP contribution in [0.15, 0.2) is 29.3 Å². The van der Waals surface area contributed by atoms with Gasteiger partial charge < -0.3 is 10.6 Å². The fraction of sp³-hybridized carbons (Fsp3) is 0.467. The maximum absolute atomic E-state index is 11.0. The van der Waals surface area contributed by atoms with Gasteiger partial charge in [0.05, 0.1) is 6.04 Å². The summed E-state index contributed by atoms with van der Waals surface area (Å²) >= 11 is 0. The third-order valence-electron chi connectivity index (χ3n) is 3.49. The lowest BCUT2D eigenvalue weighted by Gasteiger charge is -2.19. The minimum atomic E-state index is -0.0844. The second kappa shape index (κ2) is 7.64. The summed E-state index contributed by atoms with van der Waals surface area (Å²) in [6.45, 7) is 1.49. The highest BCUT2D eigenvalue weighted by Crippen LogP contribution is 2.20. The van der Waals surface area contributed by atoms with Crippen molar-refractivity contribution in [2.24, 2.45) is 10.8 Å². The van der Waals surface area contributed by atoms with Crippen molar-refractivity contribution >= 4 is 23.2 Å². The number of hydrazine groups is 1. The molecular weight excluding hydrogens is 266 g/mol. The van der Waals surface area contributed by atoms with E-state index >= 15 is 0 Å². The molecule has 1 aliphatic rings. The topological polar surface area (TPSA) is 91.5 Å². The molecule has 1 aromatic rings. The molecule has 0 spiro atoms. The van der Waals surface area contributed by atoms with Gasteiger partial charge in [-0.3, -0.25) is 10.2 Å². The molecule has 5 N–H and O–H groups in total. The van der Waals surface area contributed by atoms with E-state index in [1.54, 1.807) is 0 Å². The molecule has 1 aliphatic carbocycles. The summed E-state index contributed by atoms with van der Waals surface area (Å²) in [6.07, 6.45) is 6.01. The Bertz CT molecular complexity index is 491. The first-order chi connectivity index (χ1) is 10.2. The minimum absolute atomic E-state index is 0.0844. The van der Waals surface area contributed by atoms with Crippen LogP contribution in [-0.2, 0) is 4.79 Å². The molecule has 114 valence electrons.